The first-order valence-corrected chi connectivity index (χ1v) is 11.5. The summed E-state index contributed by atoms with van der Waals surface area (Å²) in [5.41, 5.74) is 2.21. The molecule has 0 aliphatic carbocycles. The summed E-state index contributed by atoms with van der Waals surface area (Å²) < 4.78 is 16.8. The third-order valence-electron chi connectivity index (χ3n) is 5.30. The predicted octanol–water partition coefficient (Wildman–Crippen LogP) is 3.69. The Hall–Kier alpha value is -4.05. The van der Waals surface area contributed by atoms with Crippen molar-refractivity contribution in [3.05, 3.63) is 96.7 Å². The largest absolute Gasteiger partial charge is 0.341 e. The summed E-state index contributed by atoms with van der Waals surface area (Å²) in [4.78, 5) is 26.0. The Bertz CT molecular complexity index is 1430. The fraction of sp³-hybridized carbons (Fsp3) is 0.125. The molecule has 5 rings (SSSR count). The fourth-order valence-electron chi connectivity index (χ4n) is 3.64. The van der Waals surface area contributed by atoms with Crippen LogP contribution in [0.1, 0.15) is 17.4 Å². The Balaban J connectivity index is 1.34. The maximum absolute atomic E-state index is 13.3. The summed E-state index contributed by atoms with van der Waals surface area (Å²) >= 11 is 1.30. The van der Waals surface area contributed by atoms with Crippen molar-refractivity contribution in [2.24, 2.45) is 7.05 Å². The molecule has 2 aromatic carbocycles. The molecule has 0 saturated carbocycles. The number of fused-ring (bicyclic) bond motifs is 1. The van der Waals surface area contributed by atoms with Crippen LogP contribution in [0.3, 0.4) is 0 Å². The van der Waals surface area contributed by atoms with Gasteiger partial charge in [0, 0.05) is 19.4 Å². The molecule has 3 aromatic heterocycles. The second-order valence-electron chi connectivity index (χ2n) is 7.55. The van der Waals surface area contributed by atoms with E-state index in [0.29, 0.717) is 21.7 Å². The molecule has 0 aliphatic heterocycles. The van der Waals surface area contributed by atoms with Crippen LogP contribution in [0.5, 0.6) is 0 Å². The van der Waals surface area contributed by atoms with E-state index in [1.807, 2.05) is 48.1 Å². The van der Waals surface area contributed by atoms with Gasteiger partial charge in [0.25, 0.3) is 0 Å². The van der Waals surface area contributed by atoms with E-state index in [1.165, 1.54) is 30.2 Å². The molecule has 1 amide bonds. The molecule has 0 spiro atoms. The zero-order chi connectivity index (χ0) is 23.5. The second kappa shape index (κ2) is 9.44. The molecule has 0 unspecified atom stereocenters. The highest BCUT2D eigenvalue weighted by Crippen LogP contribution is 2.26. The quantitative estimate of drug-likeness (QED) is 0.286. The number of hydrogen-bond acceptors (Lipinski definition) is 6. The molecular weight excluding hydrogens is 453 g/mol. The molecule has 170 valence electrons. The molecule has 5 aromatic rings. The van der Waals surface area contributed by atoms with Crippen LogP contribution in [0.4, 0.5) is 4.39 Å². The molecular formula is C24H20FN7OS. The number of aromatic nitrogens is 6. The lowest BCUT2D eigenvalue weighted by Gasteiger charge is -2.19. The van der Waals surface area contributed by atoms with Gasteiger partial charge in [0.1, 0.15) is 29.0 Å². The fourth-order valence-corrected chi connectivity index (χ4v) is 4.42. The van der Waals surface area contributed by atoms with Crippen molar-refractivity contribution in [2.45, 2.75) is 11.1 Å². The van der Waals surface area contributed by atoms with Gasteiger partial charge in [0.15, 0.2) is 5.65 Å². The van der Waals surface area contributed by atoms with E-state index in [-0.39, 0.29) is 23.5 Å². The van der Waals surface area contributed by atoms with Crippen molar-refractivity contribution >= 4 is 28.7 Å². The van der Waals surface area contributed by atoms with Crippen LogP contribution >= 0.6 is 11.8 Å². The van der Waals surface area contributed by atoms with Crippen molar-refractivity contribution in [3.63, 3.8) is 0 Å². The minimum absolute atomic E-state index is 0.153. The number of carbonyl (C=O) groups excluding carboxylic acids is 1. The Labute approximate surface area is 198 Å². The molecule has 0 aliphatic rings. The summed E-state index contributed by atoms with van der Waals surface area (Å²) in [6, 6.07) is 15.4. The Morgan fingerprint density at radius 2 is 1.88 bits per heavy atom. The molecule has 34 heavy (non-hydrogen) atoms. The zero-order valence-corrected chi connectivity index (χ0v) is 19.0. The maximum Gasteiger partial charge on any atom is 0.231 e. The lowest BCUT2D eigenvalue weighted by Crippen LogP contribution is -2.32. The monoisotopic (exact) mass is 473 g/mol. The number of nitrogens with one attached hydrogen (secondary N) is 1. The number of carbonyl (C=O) groups is 1. The van der Waals surface area contributed by atoms with Gasteiger partial charge in [-0.1, -0.05) is 42.1 Å². The molecule has 0 radical (unpaired) electrons. The van der Waals surface area contributed by atoms with E-state index >= 15 is 0 Å². The molecule has 3 heterocycles. The average molecular weight is 474 g/mol. The number of halogens is 1. The van der Waals surface area contributed by atoms with Crippen LogP contribution in [0.15, 0.2) is 84.5 Å². The highest BCUT2D eigenvalue weighted by molar-refractivity contribution is 8.00. The molecule has 10 heteroatoms. The van der Waals surface area contributed by atoms with Gasteiger partial charge < -0.3 is 9.88 Å². The first kappa shape index (κ1) is 21.8. The SMILES string of the molecule is Cn1ccnc1[C@H](NC(=O)CSc1ncnc2c1cnn2-c1ccc(F)cc1)c1ccccc1. The predicted molar refractivity (Wildman–Crippen MR) is 127 cm³/mol. The summed E-state index contributed by atoms with van der Waals surface area (Å²) in [6.45, 7) is 0. The second-order valence-corrected chi connectivity index (χ2v) is 8.51. The van der Waals surface area contributed by atoms with E-state index in [9.17, 15) is 9.18 Å². The number of amides is 1. The van der Waals surface area contributed by atoms with Crippen LogP contribution in [-0.2, 0) is 11.8 Å². The summed E-state index contributed by atoms with van der Waals surface area (Å²) in [7, 11) is 1.90. The summed E-state index contributed by atoms with van der Waals surface area (Å²) in [6.07, 6.45) is 6.65. The molecule has 1 N–H and O–H groups in total. The van der Waals surface area contributed by atoms with Gasteiger partial charge in [0.05, 0.1) is 23.0 Å². The van der Waals surface area contributed by atoms with Crippen LogP contribution in [0.2, 0.25) is 0 Å². The Kier molecular flexibility index (Phi) is 6.05. The van der Waals surface area contributed by atoms with Crippen molar-refractivity contribution in [3.8, 4) is 5.69 Å². The first-order valence-electron chi connectivity index (χ1n) is 10.5. The minimum Gasteiger partial charge on any atom is -0.341 e. The Morgan fingerprint density at radius 1 is 1.09 bits per heavy atom. The highest BCUT2D eigenvalue weighted by atomic mass is 32.2. The Morgan fingerprint density at radius 3 is 2.62 bits per heavy atom. The van der Waals surface area contributed by atoms with E-state index in [2.05, 4.69) is 25.4 Å². The number of rotatable bonds is 7. The van der Waals surface area contributed by atoms with Crippen LogP contribution < -0.4 is 5.32 Å². The van der Waals surface area contributed by atoms with Gasteiger partial charge >= 0.3 is 0 Å². The maximum atomic E-state index is 13.3. The molecule has 0 fully saturated rings. The molecule has 1 atom stereocenters. The van der Waals surface area contributed by atoms with Gasteiger partial charge in [-0.25, -0.2) is 24.0 Å². The average Bonchev–Trinajstić information content (AvgIpc) is 3.49. The lowest BCUT2D eigenvalue weighted by molar-refractivity contribution is -0.119. The van der Waals surface area contributed by atoms with Crippen molar-refractivity contribution in [1.82, 2.24) is 34.6 Å². The number of nitrogens with zero attached hydrogens (tertiary/aromatic N) is 6. The standard InChI is InChI=1S/C24H20FN7OS/c1-31-12-11-26-23(31)21(16-5-3-2-4-6-16)30-20(33)14-34-24-19-13-29-32(22(19)27-15-28-24)18-9-7-17(25)8-10-18/h2-13,15,21H,14H2,1H3,(H,30,33)/t21-/m1/s1. The zero-order valence-electron chi connectivity index (χ0n) is 18.2. The molecule has 0 saturated heterocycles. The third-order valence-corrected chi connectivity index (χ3v) is 6.30. The van der Waals surface area contributed by atoms with E-state index in [4.69, 9.17) is 0 Å². The van der Waals surface area contributed by atoms with Gasteiger partial charge in [-0.3, -0.25) is 4.79 Å². The number of benzene rings is 2. The van der Waals surface area contributed by atoms with Gasteiger partial charge in [-0.2, -0.15) is 5.10 Å². The van der Waals surface area contributed by atoms with E-state index in [1.54, 1.807) is 29.2 Å². The number of imidazole rings is 1. The highest BCUT2D eigenvalue weighted by Gasteiger charge is 2.21. The lowest BCUT2D eigenvalue weighted by atomic mass is 10.1. The van der Waals surface area contributed by atoms with Crippen LogP contribution in [0.25, 0.3) is 16.7 Å². The van der Waals surface area contributed by atoms with Gasteiger partial charge in [-0.05, 0) is 29.8 Å². The molecule has 8 nitrogen and oxygen atoms in total. The van der Waals surface area contributed by atoms with Gasteiger partial charge in [0.2, 0.25) is 5.91 Å². The van der Waals surface area contributed by atoms with E-state index < -0.39 is 0 Å². The van der Waals surface area contributed by atoms with Crippen molar-refractivity contribution < 1.29 is 9.18 Å². The normalized spacial score (nSPS) is 12.1. The third kappa shape index (κ3) is 4.40. The van der Waals surface area contributed by atoms with Crippen molar-refractivity contribution in [2.75, 3.05) is 5.75 Å². The van der Waals surface area contributed by atoms with E-state index in [0.717, 1.165) is 11.4 Å². The smallest absolute Gasteiger partial charge is 0.231 e. The minimum atomic E-state index is -0.374. The summed E-state index contributed by atoms with van der Waals surface area (Å²) in [5, 5.41) is 8.83. The van der Waals surface area contributed by atoms with Crippen LogP contribution in [-0.4, -0.2) is 41.0 Å². The number of hydrogen-bond donors (Lipinski definition) is 1. The topological polar surface area (TPSA) is 90.5 Å². The number of aryl methyl sites for hydroxylation is 1. The van der Waals surface area contributed by atoms with Gasteiger partial charge in [-0.15, -0.1) is 0 Å². The van der Waals surface area contributed by atoms with Crippen LogP contribution in [0, 0.1) is 5.82 Å². The molecule has 0 bridgehead atoms. The number of thioether (sulfide) groups is 1. The van der Waals surface area contributed by atoms with Crippen molar-refractivity contribution in [1.29, 1.82) is 0 Å². The summed E-state index contributed by atoms with van der Waals surface area (Å²) in [5.74, 6) is 0.423. The first-order chi connectivity index (χ1) is 16.6.